The summed E-state index contributed by atoms with van der Waals surface area (Å²) in [4.78, 5) is 0.733. The number of aliphatic hydroxyl groups excluding tert-OH is 1. The van der Waals surface area contributed by atoms with Crippen LogP contribution in [-0.2, 0) is 4.74 Å². The second-order valence-electron chi connectivity index (χ2n) is 3.99. The smallest absolute Gasteiger partial charge is 0.111 e. The molecule has 0 amide bonds. The third-order valence-electron chi connectivity index (χ3n) is 2.87. The fraction of sp³-hybridized carbons (Fsp3) is 0.545. The van der Waals surface area contributed by atoms with Gasteiger partial charge in [0.15, 0.2) is 0 Å². The van der Waals surface area contributed by atoms with Gasteiger partial charge in [0.2, 0.25) is 0 Å². The summed E-state index contributed by atoms with van der Waals surface area (Å²) in [6.45, 7) is 0.960. The molecule has 0 spiro atoms. The van der Waals surface area contributed by atoms with Gasteiger partial charge in [0, 0.05) is 16.9 Å². The largest absolute Gasteiger partial charge is 0.386 e. The molecule has 2 heterocycles. The molecule has 0 saturated carbocycles. The Morgan fingerprint density at radius 2 is 2.50 bits per heavy atom. The molecule has 0 radical (unpaired) electrons. The summed E-state index contributed by atoms with van der Waals surface area (Å²) >= 11 is 7.19. The first kappa shape index (κ1) is 11.9. The third kappa shape index (κ3) is 2.09. The number of hydrogen-bond acceptors (Lipinski definition) is 4. The zero-order valence-electron chi connectivity index (χ0n) is 8.65. The van der Waals surface area contributed by atoms with E-state index in [2.05, 4.69) is 6.07 Å². The molecule has 1 aliphatic rings. The van der Waals surface area contributed by atoms with Crippen molar-refractivity contribution in [3.05, 3.63) is 21.3 Å². The lowest BCUT2D eigenvalue weighted by atomic mass is 9.78. The predicted octanol–water partition coefficient (Wildman–Crippen LogP) is 2.76. The van der Waals surface area contributed by atoms with Crippen LogP contribution < -0.4 is 0 Å². The molecule has 86 valence electrons. The molecular weight excluding hydrogens is 246 g/mol. The van der Waals surface area contributed by atoms with Crippen molar-refractivity contribution in [2.75, 3.05) is 13.2 Å². The first-order valence-corrected chi connectivity index (χ1v) is 6.35. The van der Waals surface area contributed by atoms with Gasteiger partial charge < -0.3 is 9.84 Å². The summed E-state index contributed by atoms with van der Waals surface area (Å²) in [5.74, 6) is 0. The number of hydrogen-bond donors (Lipinski definition) is 1. The predicted molar refractivity (Wildman–Crippen MR) is 62.4 cm³/mol. The Morgan fingerprint density at radius 1 is 1.69 bits per heavy atom. The van der Waals surface area contributed by atoms with Crippen molar-refractivity contribution in [3.8, 4) is 6.07 Å². The van der Waals surface area contributed by atoms with Gasteiger partial charge >= 0.3 is 0 Å². The topological polar surface area (TPSA) is 53.2 Å². The molecule has 1 fully saturated rings. The third-order valence-corrected chi connectivity index (χ3v) is 4.21. The minimum Gasteiger partial charge on any atom is -0.386 e. The molecular formula is C11H12ClNO2S. The van der Waals surface area contributed by atoms with E-state index in [9.17, 15) is 10.4 Å². The van der Waals surface area contributed by atoms with E-state index < -0.39 is 11.5 Å². The van der Waals surface area contributed by atoms with Crippen LogP contribution in [0.3, 0.4) is 0 Å². The zero-order valence-corrected chi connectivity index (χ0v) is 10.2. The Labute approximate surface area is 103 Å². The van der Waals surface area contributed by atoms with Crippen LogP contribution in [0.2, 0.25) is 5.02 Å². The molecule has 2 atom stereocenters. The summed E-state index contributed by atoms with van der Waals surface area (Å²) in [7, 11) is 0. The van der Waals surface area contributed by atoms with E-state index >= 15 is 0 Å². The lowest BCUT2D eigenvalue weighted by Gasteiger charge is -2.34. The highest BCUT2D eigenvalue weighted by Crippen LogP contribution is 2.42. The molecule has 1 N–H and O–H groups in total. The normalized spacial score (nSPS) is 27.3. The van der Waals surface area contributed by atoms with Gasteiger partial charge in [0.05, 0.1) is 17.7 Å². The van der Waals surface area contributed by atoms with Gasteiger partial charge in [-0.25, -0.2) is 0 Å². The molecule has 5 heteroatoms. The number of halogens is 1. The average molecular weight is 258 g/mol. The van der Waals surface area contributed by atoms with Gasteiger partial charge in [-0.2, -0.15) is 5.26 Å². The monoisotopic (exact) mass is 257 g/mol. The van der Waals surface area contributed by atoms with E-state index in [0.717, 1.165) is 11.3 Å². The molecule has 1 aromatic heterocycles. The van der Waals surface area contributed by atoms with Gasteiger partial charge in [0.25, 0.3) is 0 Å². The number of thiophene rings is 1. The maximum absolute atomic E-state index is 10.3. The van der Waals surface area contributed by atoms with E-state index in [-0.39, 0.29) is 0 Å². The molecule has 0 bridgehead atoms. The van der Waals surface area contributed by atoms with Gasteiger partial charge in [-0.1, -0.05) is 11.6 Å². The van der Waals surface area contributed by atoms with Crippen molar-refractivity contribution in [2.24, 2.45) is 5.41 Å². The van der Waals surface area contributed by atoms with Gasteiger partial charge in [-0.05, 0) is 18.9 Å². The van der Waals surface area contributed by atoms with Crippen molar-refractivity contribution in [1.29, 1.82) is 5.26 Å². The fourth-order valence-electron chi connectivity index (χ4n) is 1.93. The molecule has 2 unspecified atom stereocenters. The van der Waals surface area contributed by atoms with Crippen molar-refractivity contribution in [2.45, 2.75) is 18.9 Å². The Kier molecular flexibility index (Phi) is 3.50. The lowest BCUT2D eigenvalue weighted by Crippen LogP contribution is -2.36. The molecule has 0 aliphatic carbocycles. The van der Waals surface area contributed by atoms with Crippen LogP contribution in [0, 0.1) is 16.7 Å². The van der Waals surface area contributed by atoms with Crippen molar-refractivity contribution >= 4 is 22.9 Å². The summed E-state index contributed by atoms with van der Waals surface area (Å²) < 4.78 is 5.31. The van der Waals surface area contributed by atoms with Crippen LogP contribution in [0.1, 0.15) is 23.8 Å². The first-order valence-electron chi connectivity index (χ1n) is 5.09. The number of nitriles is 1. The highest BCUT2D eigenvalue weighted by Gasteiger charge is 2.41. The van der Waals surface area contributed by atoms with Crippen LogP contribution in [0.5, 0.6) is 0 Å². The van der Waals surface area contributed by atoms with E-state index in [4.69, 9.17) is 16.3 Å². The Balaban J connectivity index is 2.24. The average Bonchev–Trinajstić information content (AvgIpc) is 2.76. The molecule has 2 rings (SSSR count). The quantitative estimate of drug-likeness (QED) is 0.886. The van der Waals surface area contributed by atoms with Crippen molar-refractivity contribution < 1.29 is 9.84 Å². The lowest BCUT2D eigenvalue weighted by molar-refractivity contribution is -0.0492. The van der Waals surface area contributed by atoms with Crippen LogP contribution in [0.4, 0.5) is 0 Å². The van der Waals surface area contributed by atoms with Crippen LogP contribution >= 0.6 is 22.9 Å². The zero-order chi connectivity index (χ0) is 11.6. The molecule has 1 aromatic rings. The Hall–Kier alpha value is -0.600. The van der Waals surface area contributed by atoms with E-state index in [1.165, 1.54) is 11.3 Å². The van der Waals surface area contributed by atoms with E-state index in [1.54, 1.807) is 11.4 Å². The summed E-state index contributed by atoms with van der Waals surface area (Å²) in [6, 6.07) is 3.93. The summed E-state index contributed by atoms with van der Waals surface area (Å²) in [6.07, 6.45) is 0.666. The number of rotatable bonds is 2. The summed E-state index contributed by atoms with van der Waals surface area (Å²) in [5, 5.41) is 21.9. The molecule has 1 saturated heterocycles. The number of ether oxygens (including phenoxy) is 1. The Morgan fingerprint density at radius 3 is 3.00 bits per heavy atom. The molecule has 16 heavy (non-hydrogen) atoms. The van der Waals surface area contributed by atoms with E-state index in [0.29, 0.717) is 24.7 Å². The highest BCUT2D eigenvalue weighted by molar-refractivity contribution is 7.10. The van der Waals surface area contributed by atoms with Gasteiger partial charge in [-0.3, -0.25) is 0 Å². The van der Waals surface area contributed by atoms with Crippen molar-refractivity contribution in [3.63, 3.8) is 0 Å². The number of aliphatic hydroxyl groups is 1. The van der Waals surface area contributed by atoms with Crippen molar-refractivity contribution in [1.82, 2.24) is 0 Å². The maximum Gasteiger partial charge on any atom is 0.111 e. The molecule has 3 nitrogen and oxygen atoms in total. The Bertz CT molecular complexity index is 406. The van der Waals surface area contributed by atoms with Crippen LogP contribution in [0.15, 0.2) is 11.4 Å². The fourth-order valence-corrected chi connectivity index (χ4v) is 3.11. The first-order chi connectivity index (χ1) is 7.68. The SMILES string of the molecule is N#CC1(C(O)c2cc(Cl)cs2)CCCOC1. The van der Waals surface area contributed by atoms with Gasteiger partial charge in [-0.15, -0.1) is 11.3 Å². The van der Waals surface area contributed by atoms with Gasteiger partial charge in [0.1, 0.15) is 11.5 Å². The molecule has 1 aliphatic heterocycles. The molecule has 0 aromatic carbocycles. The second kappa shape index (κ2) is 4.72. The number of nitrogens with zero attached hydrogens (tertiary/aromatic N) is 1. The minimum atomic E-state index is -0.813. The maximum atomic E-state index is 10.3. The van der Waals surface area contributed by atoms with Crippen LogP contribution in [-0.4, -0.2) is 18.3 Å². The standard InChI is InChI=1S/C11H12ClNO2S/c12-8-4-9(16-5-8)10(14)11(6-13)2-1-3-15-7-11/h4-5,10,14H,1-3,7H2. The van der Waals surface area contributed by atoms with Crippen LogP contribution in [0.25, 0.3) is 0 Å². The summed E-state index contributed by atoms with van der Waals surface area (Å²) in [5.41, 5.74) is -0.813. The second-order valence-corrected chi connectivity index (χ2v) is 5.37. The minimum absolute atomic E-state index is 0.292. The highest BCUT2D eigenvalue weighted by atomic mass is 35.5. The van der Waals surface area contributed by atoms with E-state index in [1.807, 2.05) is 0 Å².